The third-order valence-electron chi connectivity index (χ3n) is 4.36. The van der Waals surface area contributed by atoms with Gasteiger partial charge in [0.2, 0.25) is 0 Å². The highest BCUT2D eigenvalue weighted by Gasteiger charge is 2.21. The third kappa shape index (κ3) is 4.67. The lowest BCUT2D eigenvalue weighted by atomic mass is 10.1. The standard InChI is InChI=1S/C21H17ClN4O3S/c1-28-17-8-4-15(5-9-17)20-25-18(11-30-20)21(27)29-19(10-26-13-23-12-24-26)14-2-6-16(22)7-3-14/h2-9,11-13,19H,10H2,1H3. The van der Waals surface area contributed by atoms with E-state index in [1.165, 1.54) is 17.7 Å². The Hall–Kier alpha value is -3.23. The van der Waals surface area contributed by atoms with Gasteiger partial charge in [0.1, 0.15) is 29.5 Å². The van der Waals surface area contributed by atoms with Crippen LogP contribution in [0.25, 0.3) is 10.6 Å². The Morgan fingerprint density at radius 3 is 2.60 bits per heavy atom. The summed E-state index contributed by atoms with van der Waals surface area (Å²) in [5, 5.41) is 7.12. The van der Waals surface area contributed by atoms with Gasteiger partial charge in [-0.2, -0.15) is 5.10 Å². The zero-order valence-electron chi connectivity index (χ0n) is 15.9. The Bertz CT molecular complexity index is 1110. The number of ether oxygens (including phenoxy) is 2. The minimum Gasteiger partial charge on any atom is -0.497 e. The van der Waals surface area contributed by atoms with Gasteiger partial charge >= 0.3 is 5.97 Å². The molecule has 152 valence electrons. The summed E-state index contributed by atoms with van der Waals surface area (Å²) < 4.78 is 12.6. The van der Waals surface area contributed by atoms with Gasteiger partial charge in [0.05, 0.1) is 13.7 Å². The van der Waals surface area contributed by atoms with Crippen LogP contribution >= 0.6 is 22.9 Å². The molecule has 1 atom stereocenters. The molecule has 0 amide bonds. The van der Waals surface area contributed by atoms with Crippen LogP contribution in [0.1, 0.15) is 22.2 Å². The number of hydrogen-bond acceptors (Lipinski definition) is 7. The summed E-state index contributed by atoms with van der Waals surface area (Å²) in [4.78, 5) is 21.2. The number of thiazole rings is 1. The molecule has 30 heavy (non-hydrogen) atoms. The zero-order valence-corrected chi connectivity index (χ0v) is 17.5. The molecule has 1 unspecified atom stereocenters. The molecule has 2 heterocycles. The van der Waals surface area contributed by atoms with Gasteiger partial charge in [-0.25, -0.2) is 19.4 Å². The van der Waals surface area contributed by atoms with Gasteiger partial charge in [-0.3, -0.25) is 0 Å². The lowest BCUT2D eigenvalue weighted by Crippen LogP contribution is -2.17. The molecular formula is C21H17ClN4O3S. The predicted octanol–water partition coefficient (Wildman–Crippen LogP) is 4.66. The third-order valence-corrected chi connectivity index (χ3v) is 5.50. The molecule has 0 saturated heterocycles. The maximum Gasteiger partial charge on any atom is 0.358 e. The average molecular weight is 441 g/mol. The van der Waals surface area contributed by atoms with E-state index < -0.39 is 12.1 Å². The van der Waals surface area contributed by atoms with Crippen molar-refractivity contribution in [1.82, 2.24) is 19.7 Å². The first-order chi connectivity index (χ1) is 14.6. The largest absolute Gasteiger partial charge is 0.497 e. The molecule has 2 aromatic heterocycles. The molecular weight excluding hydrogens is 424 g/mol. The van der Waals surface area contributed by atoms with Crippen LogP contribution in [0, 0.1) is 0 Å². The molecule has 0 aliphatic heterocycles. The summed E-state index contributed by atoms with van der Waals surface area (Å²) in [6, 6.07) is 14.6. The van der Waals surface area contributed by atoms with Crippen LogP contribution in [0.4, 0.5) is 0 Å². The van der Waals surface area contributed by atoms with E-state index in [1.807, 2.05) is 36.4 Å². The summed E-state index contributed by atoms with van der Waals surface area (Å²) in [6.45, 7) is 0.322. The van der Waals surface area contributed by atoms with Crippen molar-refractivity contribution in [3.05, 3.63) is 82.8 Å². The summed E-state index contributed by atoms with van der Waals surface area (Å²) >= 11 is 7.37. The zero-order chi connectivity index (χ0) is 20.9. The Morgan fingerprint density at radius 2 is 1.93 bits per heavy atom. The second-order valence-electron chi connectivity index (χ2n) is 6.33. The highest BCUT2D eigenvalue weighted by Crippen LogP contribution is 2.28. The number of hydrogen-bond donors (Lipinski definition) is 0. The Labute approximate surface area is 181 Å². The molecule has 0 aliphatic rings. The first-order valence-electron chi connectivity index (χ1n) is 9.01. The smallest absolute Gasteiger partial charge is 0.358 e. The minimum absolute atomic E-state index is 0.253. The highest BCUT2D eigenvalue weighted by atomic mass is 35.5. The maximum absolute atomic E-state index is 12.8. The van der Waals surface area contributed by atoms with Crippen LogP contribution in [0.5, 0.6) is 5.75 Å². The number of aromatic nitrogens is 4. The van der Waals surface area contributed by atoms with Crippen LogP contribution in [-0.2, 0) is 11.3 Å². The van der Waals surface area contributed by atoms with Gasteiger partial charge < -0.3 is 9.47 Å². The molecule has 0 fully saturated rings. The van der Waals surface area contributed by atoms with Crippen molar-refractivity contribution in [2.75, 3.05) is 7.11 Å². The molecule has 0 spiro atoms. The molecule has 0 saturated carbocycles. The molecule has 2 aromatic carbocycles. The van der Waals surface area contributed by atoms with Crippen LogP contribution in [0.15, 0.2) is 66.6 Å². The van der Waals surface area contributed by atoms with Crippen molar-refractivity contribution >= 4 is 28.9 Å². The summed E-state index contributed by atoms with van der Waals surface area (Å²) in [7, 11) is 1.61. The van der Waals surface area contributed by atoms with Gasteiger partial charge in [-0.15, -0.1) is 11.3 Å². The molecule has 4 rings (SSSR count). The Balaban J connectivity index is 1.53. The Kier molecular flexibility index (Phi) is 6.06. The SMILES string of the molecule is COc1ccc(-c2nc(C(=O)OC(Cn3cncn3)c3ccc(Cl)cc3)cs2)cc1. The quantitative estimate of drug-likeness (QED) is 0.389. The molecule has 0 bridgehead atoms. The number of esters is 1. The molecule has 0 radical (unpaired) electrons. The van der Waals surface area contributed by atoms with Crippen LogP contribution in [0.3, 0.4) is 0 Å². The molecule has 0 N–H and O–H groups in total. The van der Waals surface area contributed by atoms with Gasteiger partial charge in [0.15, 0.2) is 5.69 Å². The topological polar surface area (TPSA) is 79.1 Å². The van der Waals surface area contributed by atoms with Crippen LogP contribution < -0.4 is 4.74 Å². The molecule has 4 aromatic rings. The van der Waals surface area contributed by atoms with Crippen molar-refractivity contribution in [2.45, 2.75) is 12.6 Å². The molecule has 0 aliphatic carbocycles. The maximum atomic E-state index is 12.8. The van der Waals surface area contributed by atoms with Crippen molar-refractivity contribution in [2.24, 2.45) is 0 Å². The number of halogens is 1. The van der Waals surface area contributed by atoms with E-state index in [4.69, 9.17) is 21.1 Å². The summed E-state index contributed by atoms with van der Waals surface area (Å²) in [6.07, 6.45) is 2.44. The lowest BCUT2D eigenvalue weighted by Gasteiger charge is -2.17. The van der Waals surface area contributed by atoms with Gasteiger partial charge in [0, 0.05) is 16.0 Å². The number of methoxy groups -OCH3 is 1. The van der Waals surface area contributed by atoms with E-state index in [2.05, 4.69) is 15.1 Å². The highest BCUT2D eigenvalue weighted by molar-refractivity contribution is 7.13. The lowest BCUT2D eigenvalue weighted by molar-refractivity contribution is 0.0240. The number of carbonyl (C=O) groups excluding carboxylic acids is 1. The van der Waals surface area contributed by atoms with E-state index in [9.17, 15) is 4.79 Å². The number of benzene rings is 2. The van der Waals surface area contributed by atoms with Gasteiger partial charge in [0.25, 0.3) is 0 Å². The van der Waals surface area contributed by atoms with E-state index in [-0.39, 0.29) is 5.69 Å². The van der Waals surface area contributed by atoms with Crippen molar-refractivity contribution in [1.29, 1.82) is 0 Å². The van der Waals surface area contributed by atoms with E-state index in [0.717, 1.165) is 21.9 Å². The number of nitrogens with zero attached hydrogens (tertiary/aromatic N) is 4. The van der Waals surface area contributed by atoms with Crippen LogP contribution in [0.2, 0.25) is 5.02 Å². The Morgan fingerprint density at radius 1 is 1.17 bits per heavy atom. The number of carbonyl (C=O) groups is 1. The second-order valence-corrected chi connectivity index (χ2v) is 7.62. The van der Waals surface area contributed by atoms with Crippen molar-refractivity contribution < 1.29 is 14.3 Å². The monoisotopic (exact) mass is 440 g/mol. The predicted molar refractivity (Wildman–Crippen MR) is 114 cm³/mol. The van der Waals surface area contributed by atoms with E-state index in [1.54, 1.807) is 35.6 Å². The van der Waals surface area contributed by atoms with E-state index >= 15 is 0 Å². The van der Waals surface area contributed by atoms with Gasteiger partial charge in [-0.05, 0) is 42.0 Å². The normalized spacial score (nSPS) is 11.8. The summed E-state index contributed by atoms with van der Waals surface area (Å²) in [5.41, 5.74) is 1.95. The number of rotatable bonds is 7. The average Bonchev–Trinajstić information content (AvgIpc) is 3.46. The molecule has 7 nitrogen and oxygen atoms in total. The van der Waals surface area contributed by atoms with Crippen molar-refractivity contribution in [3.63, 3.8) is 0 Å². The molecule has 9 heteroatoms. The second kappa shape index (κ2) is 9.06. The fourth-order valence-electron chi connectivity index (χ4n) is 2.81. The first-order valence-corrected chi connectivity index (χ1v) is 10.3. The summed E-state index contributed by atoms with van der Waals surface area (Å²) in [5.74, 6) is 0.250. The fraction of sp³-hybridized carbons (Fsp3) is 0.143. The van der Waals surface area contributed by atoms with Crippen LogP contribution in [-0.4, -0.2) is 32.8 Å². The first kappa shape index (κ1) is 20.1. The minimum atomic E-state index is -0.567. The van der Waals surface area contributed by atoms with E-state index in [0.29, 0.717) is 11.6 Å². The van der Waals surface area contributed by atoms with Gasteiger partial charge in [-0.1, -0.05) is 23.7 Å². The van der Waals surface area contributed by atoms with Crippen molar-refractivity contribution in [3.8, 4) is 16.3 Å². The fourth-order valence-corrected chi connectivity index (χ4v) is 3.73.